The van der Waals surface area contributed by atoms with Gasteiger partial charge in [-0.25, -0.2) is 21.1 Å². The number of amides is 1. The van der Waals surface area contributed by atoms with Crippen LogP contribution in [0.5, 0.6) is 0 Å². The van der Waals surface area contributed by atoms with Gasteiger partial charge in [-0.05, 0) is 62.2 Å². The van der Waals surface area contributed by atoms with E-state index >= 15 is 0 Å². The third-order valence-electron chi connectivity index (χ3n) is 6.29. The summed E-state index contributed by atoms with van der Waals surface area (Å²) in [6.07, 6.45) is 0.992. The summed E-state index contributed by atoms with van der Waals surface area (Å²) in [6, 6.07) is 10.6. The maximum Gasteiger partial charge on any atom is 0.303 e. The predicted molar refractivity (Wildman–Crippen MR) is 142 cm³/mol. The van der Waals surface area contributed by atoms with E-state index in [2.05, 4.69) is 10.3 Å². The third-order valence-corrected chi connectivity index (χ3v) is 10.1. The van der Waals surface area contributed by atoms with Crippen molar-refractivity contribution in [3.8, 4) is 0 Å². The largest absolute Gasteiger partial charge is 0.481 e. The van der Waals surface area contributed by atoms with Crippen LogP contribution in [-0.4, -0.2) is 57.2 Å². The smallest absolute Gasteiger partial charge is 0.303 e. The Morgan fingerprint density at radius 3 is 2.24 bits per heavy atom. The predicted octanol–water partition coefficient (Wildman–Crippen LogP) is 3.22. The van der Waals surface area contributed by atoms with Crippen molar-refractivity contribution in [3.63, 3.8) is 0 Å². The molecule has 0 bridgehead atoms. The van der Waals surface area contributed by atoms with E-state index in [0.717, 1.165) is 9.87 Å². The number of aryl methyl sites for hydroxylation is 2. The topological polar surface area (TPSA) is 154 Å². The zero-order valence-corrected chi connectivity index (χ0v) is 22.8. The second kappa shape index (κ2) is 9.86. The number of sulfonamides is 1. The molecule has 0 atom stereocenters. The molecule has 1 amide bonds. The van der Waals surface area contributed by atoms with E-state index in [0.29, 0.717) is 16.9 Å². The van der Waals surface area contributed by atoms with E-state index in [4.69, 9.17) is 0 Å². The second-order valence-electron chi connectivity index (χ2n) is 9.19. The summed E-state index contributed by atoms with van der Waals surface area (Å²) in [5, 5.41) is 12.0. The fourth-order valence-electron chi connectivity index (χ4n) is 4.31. The van der Waals surface area contributed by atoms with Crippen LogP contribution in [0.2, 0.25) is 0 Å². The van der Waals surface area contributed by atoms with Crippen LogP contribution in [-0.2, 0) is 35.9 Å². The van der Waals surface area contributed by atoms with E-state index in [1.54, 1.807) is 19.1 Å². The van der Waals surface area contributed by atoms with Crippen LogP contribution in [0.1, 0.15) is 34.5 Å². The molecule has 4 rings (SSSR count). The quantitative estimate of drug-likeness (QED) is 0.359. The number of aliphatic carboxylic acids is 1. The zero-order valence-electron chi connectivity index (χ0n) is 21.2. The van der Waals surface area contributed by atoms with Crippen molar-refractivity contribution in [1.82, 2.24) is 9.29 Å². The number of fused-ring (bicyclic) bond motifs is 1. The molecule has 0 saturated heterocycles. The van der Waals surface area contributed by atoms with Crippen LogP contribution in [0.25, 0.3) is 11.6 Å². The van der Waals surface area contributed by atoms with Crippen molar-refractivity contribution in [3.05, 3.63) is 70.5 Å². The second-order valence-corrected chi connectivity index (χ2v) is 13.2. The van der Waals surface area contributed by atoms with Crippen molar-refractivity contribution in [2.24, 2.45) is 0 Å². The maximum atomic E-state index is 13.6. The minimum absolute atomic E-state index is 0.0138. The minimum Gasteiger partial charge on any atom is -0.481 e. The molecule has 2 aromatic carbocycles. The summed E-state index contributed by atoms with van der Waals surface area (Å²) in [5.74, 6) is -1.61. The summed E-state index contributed by atoms with van der Waals surface area (Å²) >= 11 is 0. The number of carboxylic acid groups (broad SMARTS) is 1. The lowest BCUT2D eigenvalue weighted by molar-refractivity contribution is -0.137. The first kappa shape index (κ1) is 27.3. The molecule has 12 heteroatoms. The number of H-pyrrole nitrogens is 1. The first-order valence-electron chi connectivity index (χ1n) is 11.6. The molecule has 0 unspecified atom stereocenters. The lowest BCUT2D eigenvalue weighted by Crippen LogP contribution is -2.22. The van der Waals surface area contributed by atoms with Gasteiger partial charge in [0.15, 0.2) is 0 Å². The van der Waals surface area contributed by atoms with E-state index in [1.807, 2.05) is 6.92 Å². The Hall–Kier alpha value is -3.74. The number of hydrogen-bond donors (Lipinski definition) is 3. The molecule has 0 spiro atoms. The van der Waals surface area contributed by atoms with E-state index < -0.39 is 31.7 Å². The van der Waals surface area contributed by atoms with Crippen molar-refractivity contribution < 1.29 is 31.5 Å². The summed E-state index contributed by atoms with van der Waals surface area (Å²) in [4.78, 5) is 27.3. The molecule has 0 radical (unpaired) electrons. The van der Waals surface area contributed by atoms with Gasteiger partial charge in [0.05, 0.1) is 20.3 Å². The number of hydrogen-bond acceptors (Lipinski definition) is 6. The van der Waals surface area contributed by atoms with Gasteiger partial charge >= 0.3 is 5.97 Å². The molecule has 10 nitrogen and oxygen atoms in total. The summed E-state index contributed by atoms with van der Waals surface area (Å²) < 4.78 is 53.6. The molecule has 0 fully saturated rings. The number of sulfone groups is 1. The van der Waals surface area contributed by atoms with E-state index in [9.17, 15) is 31.5 Å². The molecule has 3 N–H and O–H groups in total. The number of carboxylic acids is 1. The normalized spacial score (nSPS) is 14.7. The highest BCUT2D eigenvalue weighted by Crippen LogP contribution is 2.37. The van der Waals surface area contributed by atoms with Crippen molar-refractivity contribution in [1.29, 1.82) is 0 Å². The lowest BCUT2D eigenvalue weighted by atomic mass is 10.0. The van der Waals surface area contributed by atoms with Gasteiger partial charge < -0.3 is 15.4 Å². The third kappa shape index (κ3) is 4.89. The zero-order chi connectivity index (χ0) is 28.0. The monoisotopic (exact) mass is 557 g/mol. The molecular formula is C26H27N3O7S2. The van der Waals surface area contributed by atoms with Gasteiger partial charge in [0, 0.05) is 43.2 Å². The Kier molecular flexibility index (Phi) is 7.08. The molecule has 3 aromatic rings. The van der Waals surface area contributed by atoms with Crippen LogP contribution in [0, 0.1) is 13.8 Å². The highest BCUT2D eigenvalue weighted by molar-refractivity contribution is 7.91. The Morgan fingerprint density at radius 2 is 1.63 bits per heavy atom. The average molecular weight is 558 g/mol. The summed E-state index contributed by atoms with van der Waals surface area (Å²) in [5.41, 5.74) is 2.52. The number of carbonyl (C=O) groups is 2. The number of nitrogens with one attached hydrogen (secondary N) is 2. The van der Waals surface area contributed by atoms with Crippen LogP contribution in [0.15, 0.2) is 57.2 Å². The standard InChI is InChI=1S/C26H27N3O7S2/c1-15-5-7-17(8-6-15)37(33,34)25-16(2)27-23(19(25)10-12-24(30)31)14-21-20-13-18(38(35,36)29(3)4)9-11-22(20)28-26(21)32/h5-9,11,13-14,27H,10,12H2,1-4H3,(H,28,32)(H,30,31). The first-order valence-corrected chi connectivity index (χ1v) is 14.5. The number of benzene rings is 2. The SMILES string of the molecule is Cc1ccc(S(=O)(=O)c2c(C)[nH]c(C=C3C(=O)Nc4ccc(S(=O)(=O)N(C)C)cc43)c2CCC(=O)O)cc1. The number of anilines is 1. The van der Waals surface area contributed by atoms with Gasteiger partial charge in [0.2, 0.25) is 19.9 Å². The minimum atomic E-state index is -4.03. The van der Waals surface area contributed by atoms with Crippen LogP contribution in [0.4, 0.5) is 5.69 Å². The number of carbonyl (C=O) groups excluding carboxylic acids is 1. The maximum absolute atomic E-state index is 13.6. The van der Waals surface area contributed by atoms with Gasteiger partial charge in [-0.2, -0.15) is 0 Å². The Bertz CT molecular complexity index is 1700. The van der Waals surface area contributed by atoms with E-state index in [1.165, 1.54) is 50.5 Å². The Labute approximate surface area is 221 Å². The Morgan fingerprint density at radius 1 is 1.00 bits per heavy atom. The molecule has 1 aromatic heterocycles. The molecule has 1 aliphatic heterocycles. The molecule has 1 aliphatic rings. The van der Waals surface area contributed by atoms with Gasteiger partial charge in [0.25, 0.3) is 5.91 Å². The van der Waals surface area contributed by atoms with Crippen molar-refractivity contribution in [2.45, 2.75) is 41.4 Å². The van der Waals surface area contributed by atoms with Crippen LogP contribution < -0.4 is 5.32 Å². The highest BCUT2D eigenvalue weighted by Gasteiger charge is 2.31. The van der Waals surface area contributed by atoms with Crippen LogP contribution >= 0.6 is 0 Å². The lowest BCUT2D eigenvalue weighted by Gasteiger charge is -2.12. The summed E-state index contributed by atoms with van der Waals surface area (Å²) in [6.45, 7) is 3.40. The molecule has 38 heavy (non-hydrogen) atoms. The van der Waals surface area contributed by atoms with Crippen LogP contribution in [0.3, 0.4) is 0 Å². The molecular weight excluding hydrogens is 530 g/mol. The van der Waals surface area contributed by atoms with Gasteiger partial charge in [0.1, 0.15) is 0 Å². The van der Waals surface area contributed by atoms with Gasteiger partial charge in [-0.15, -0.1) is 0 Å². The molecule has 2 heterocycles. The fourth-order valence-corrected chi connectivity index (χ4v) is 6.96. The van der Waals surface area contributed by atoms with Gasteiger partial charge in [-0.1, -0.05) is 17.7 Å². The first-order chi connectivity index (χ1) is 17.7. The fraction of sp³-hybridized carbons (Fsp3) is 0.231. The molecule has 200 valence electrons. The van der Waals surface area contributed by atoms with Crippen molar-refractivity contribution in [2.75, 3.05) is 19.4 Å². The Balaban J connectivity index is 1.90. The number of aromatic nitrogens is 1. The van der Waals surface area contributed by atoms with E-state index in [-0.39, 0.29) is 44.4 Å². The highest BCUT2D eigenvalue weighted by atomic mass is 32.2. The number of nitrogens with zero attached hydrogens (tertiary/aromatic N) is 1. The molecule has 0 saturated carbocycles. The average Bonchev–Trinajstić information content (AvgIpc) is 3.33. The number of aromatic amines is 1. The van der Waals surface area contributed by atoms with Gasteiger partial charge in [-0.3, -0.25) is 9.59 Å². The molecule has 0 aliphatic carbocycles. The summed E-state index contributed by atoms with van der Waals surface area (Å²) in [7, 11) is -5.01. The van der Waals surface area contributed by atoms with Crippen molar-refractivity contribution >= 4 is 49.1 Å². The number of rotatable bonds is 8.